The fourth-order valence-electron chi connectivity index (χ4n) is 1.45. The number of imidazole rings is 1. The number of nitrogens with zero attached hydrogens (tertiary/aromatic N) is 3. The highest BCUT2D eigenvalue weighted by atomic mass is 19.3. The van der Waals surface area contributed by atoms with Crippen LogP contribution in [-0.2, 0) is 6.54 Å². The number of guanidine groups is 1. The van der Waals surface area contributed by atoms with Crippen molar-refractivity contribution in [3.63, 3.8) is 0 Å². The third-order valence-corrected chi connectivity index (χ3v) is 2.68. The van der Waals surface area contributed by atoms with Crippen LogP contribution in [0.3, 0.4) is 0 Å². The molecule has 2 N–H and O–H groups in total. The molecule has 5 nitrogen and oxygen atoms in total. The van der Waals surface area contributed by atoms with Gasteiger partial charge in [-0.15, -0.1) is 0 Å². The van der Waals surface area contributed by atoms with Crippen molar-refractivity contribution in [3.05, 3.63) is 18.2 Å². The minimum Gasteiger partial charge on any atom is -0.357 e. The highest BCUT2D eigenvalue weighted by Crippen LogP contribution is 2.12. The van der Waals surface area contributed by atoms with E-state index in [1.165, 1.54) is 12.4 Å². The first kappa shape index (κ1) is 15.4. The van der Waals surface area contributed by atoms with Crippen LogP contribution in [0.2, 0.25) is 0 Å². The van der Waals surface area contributed by atoms with Crippen LogP contribution in [-0.4, -0.2) is 28.1 Å². The lowest BCUT2D eigenvalue weighted by atomic mass is 10.3. The van der Waals surface area contributed by atoms with Crippen LogP contribution in [0, 0.1) is 0 Å². The van der Waals surface area contributed by atoms with Crippen molar-refractivity contribution in [2.75, 3.05) is 6.54 Å². The van der Waals surface area contributed by atoms with Crippen molar-refractivity contribution >= 4 is 5.96 Å². The SMILES string of the molecule is CCNC(=NCc1nccn1C(F)F)NC(C)CC. The summed E-state index contributed by atoms with van der Waals surface area (Å²) < 4.78 is 26.1. The molecule has 0 saturated carbocycles. The quantitative estimate of drug-likeness (QED) is 0.616. The predicted octanol–water partition coefficient (Wildman–Crippen LogP) is 2.13. The van der Waals surface area contributed by atoms with Gasteiger partial charge in [-0.3, -0.25) is 4.57 Å². The van der Waals surface area contributed by atoms with Crippen molar-refractivity contribution in [2.24, 2.45) is 4.99 Å². The molecule has 108 valence electrons. The first-order valence-corrected chi connectivity index (χ1v) is 6.43. The number of hydrogen-bond acceptors (Lipinski definition) is 2. The van der Waals surface area contributed by atoms with Gasteiger partial charge in [-0.05, 0) is 20.3 Å². The average molecular weight is 273 g/mol. The van der Waals surface area contributed by atoms with Gasteiger partial charge in [0.05, 0.1) is 0 Å². The molecule has 0 spiro atoms. The number of alkyl halides is 2. The molecule has 0 fully saturated rings. The van der Waals surface area contributed by atoms with Crippen LogP contribution in [0.4, 0.5) is 8.78 Å². The fraction of sp³-hybridized carbons (Fsp3) is 0.667. The molecule has 1 atom stereocenters. The van der Waals surface area contributed by atoms with E-state index in [0.29, 0.717) is 12.5 Å². The van der Waals surface area contributed by atoms with Crippen LogP contribution in [0.25, 0.3) is 0 Å². The van der Waals surface area contributed by atoms with E-state index in [2.05, 4.69) is 27.5 Å². The topological polar surface area (TPSA) is 54.2 Å². The number of rotatable bonds is 6. The zero-order chi connectivity index (χ0) is 14.3. The molecule has 1 unspecified atom stereocenters. The smallest absolute Gasteiger partial charge is 0.319 e. The summed E-state index contributed by atoms with van der Waals surface area (Å²) in [5.41, 5.74) is 0. The summed E-state index contributed by atoms with van der Waals surface area (Å²) in [5, 5.41) is 6.27. The molecule has 1 heterocycles. The van der Waals surface area contributed by atoms with Crippen LogP contribution in [0.5, 0.6) is 0 Å². The number of aliphatic imine (C=N–C) groups is 1. The summed E-state index contributed by atoms with van der Waals surface area (Å²) in [4.78, 5) is 8.15. The number of hydrogen-bond donors (Lipinski definition) is 2. The first-order valence-electron chi connectivity index (χ1n) is 6.43. The van der Waals surface area contributed by atoms with Crippen molar-refractivity contribution in [1.82, 2.24) is 20.2 Å². The van der Waals surface area contributed by atoms with E-state index in [1.807, 2.05) is 13.8 Å². The lowest BCUT2D eigenvalue weighted by Gasteiger charge is -2.16. The Bertz CT molecular complexity index is 403. The molecule has 0 aliphatic heterocycles. The molecule has 19 heavy (non-hydrogen) atoms. The largest absolute Gasteiger partial charge is 0.357 e. The molecular weight excluding hydrogens is 252 g/mol. The zero-order valence-corrected chi connectivity index (χ0v) is 11.5. The molecule has 1 aromatic heterocycles. The zero-order valence-electron chi connectivity index (χ0n) is 11.5. The number of aromatic nitrogens is 2. The van der Waals surface area contributed by atoms with E-state index < -0.39 is 6.55 Å². The fourth-order valence-corrected chi connectivity index (χ4v) is 1.45. The maximum absolute atomic E-state index is 12.6. The molecule has 0 aliphatic carbocycles. The Kier molecular flexibility index (Phi) is 6.24. The van der Waals surface area contributed by atoms with Gasteiger partial charge in [0.15, 0.2) is 5.96 Å². The van der Waals surface area contributed by atoms with E-state index in [-0.39, 0.29) is 18.4 Å². The molecule has 0 saturated heterocycles. The van der Waals surface area contributed by atoms with E-state index in [1.54, 1.807) is 0 Å². The van der Waals surface area contributed by atoms with Gasteiger partial charge in [0, 0.05) is 25.0 Å². The molecule has 1 aromatic rings. The van der Waals surface area contributed by atoms with Gasteiger partial charge in [-0.1, -0.05) is 6.92 Å². The van der Waals surface area contributed by atoms with Gasteiger partial charge in [0.1, 0.15) is 12.4 Å². The number of halogens is 2. The third kappa shape index (κ3) is 4.84. The van der Waals surface area contributed by atoms with Gasteiger partial charge in [0.2, 0.25) is 0 Å². The Balaban J connectivity index is 2.71. The van der Waals surface area contributed by atoms with Crippen molar-refractivity contribution in [3.8, 4) is 0 Å². The lowest BCUT2D eigenvalue weighted by Crippen LogP contribution is -2.42. The molecule has 7 heteroatoms. The first-order chi connectivity index (χ1) is 9.08. The maximum atomic E-state index is 12.6. The minimum atomic E-state index is -2.59. The standard InChI is InChI=1S/C12H21F2N5/c1-4-9(3)18-12(15-5-2)17-8-10-16-6-7-19(10)11(13)14/h6-7,9,11H,4-5,8H2,1-3H3,(H2,15,17,18). The Morgan fingerprint density at radius 1 is 1.47 bits per heavy atom. The molecule has 0 radical (unpaired) electrons. The summed E-state index contributed by atoms with van der Waals surface area (Å²) in [6, 6.07) is 0.271. The van der Waals surface area contributed by atoms with Crippen LogP contribution < -0.4 is 10.6 Å². The number of nitrogens with one attached hydrogen (secondary N) is 2. The van der Waals surface area contributed by atoms with E-state index in [4.69, 9.17) is 0 Å². The van der Waals surface area contributed by atoms with Crippen LogP contribution >= 0.6 is 0 Å². The summed E-state index contributed by atoms with van der Waals surface area (Å²) in [7, 11) is 0. The summed E-state index contributed by atoms with van der Waals surface area (Å²) >= 11 is 0. The highest BCUT2D eigenvalue weighted by molar-refractivity contribution is 5.79. The summed E-state index contributed by atoms with van der Waals surface area (Å²) in [5.74, 6) is 0.858. The predicted molar refractivity (Wildman–Crippen MR) is 71.2 cm³/mol. The normalized spacial score (nSPS) is 13.7. The Labute approximate surface area is 112 Å². The molecule has 0 amide bonds. The Morgan fingerprint density at radius 3 is 2.79 bits per heavy atom. The second-order valence-electron chi connectivity index (χ2n) is 4.18. The van der Waals surface area contributed by atoms with Crippen LogP contribution in [0.1, 0.15) is 39.6 Å². The minimum absolute atomic E-state index is 0.114. The second-order valence-corrected chi connectivity index (χ2v) is 4.18. The van der Waals surface area contributed by atoms with Crippen molar-refractivity contribution in [1.29, 1.82) is 0 Å². The lowest BCUT2D eigenvalue weighted by molar-refractivity contribution is 0.0671. The van der Waals surface area contributed by atoms with Gasteiger partial charge in [-0.2, -0.15) is 8.78 Å². The molecular formula is C12H21F2N5. The molecule has 0 aliphatic rings. The van der Waals surface area contributed by atoms with Crippen molar-refractivity contribution < 1.29 is 8.78 Å². The summed E-state index contributed by atoms with van der Waals surface area (Å²) in [6.45, 7) is 4.29. The van der Waals surface area contributed by atoms with E-state index in [9.17, 15) is 8.78 Å². The maximum Gasteiger partial charge on any atom is 0.319 e. The molecule has 1 rings (SSSR count). The van der Waals surface area contributed by atoms with Gasteiger partial charge in [0.25, 0.3) is 0 Å². The average Bonchev–Trinajstić information content (AvgIpc) is 2.84. The molecule has 0 bridgehead atoms. The third-order valence-electron chi connectivity index (χ3n) is 2.68. The van der Waals surface area contributed by atoms with Crippen LogP contribution in [0.15, 0.2) is 17.4 Å². The summed E-state index contributed by atoms with van der Waals surface area (Å²) in [6.07, 6.45) is 3.56. The monoisotopic (exact) mass is 273 g/mol. The van der Waals surface area contributed by atoms with E-state index >= 15 is 0 Å². The molecule has 0 aromatic carbocycles. The Morgan fingerprint density at radius 2 is 2.21 bits per heavy atom. The highest BCUT2D eigenvalue weighted by Gasteiger charge is 2.11. The Hall–Kier alpha value is -1.66. The second kappa shape index (κ2) is 7.70. The van der Waals surface area contributed by atoms with E-state index in [0.717, 1.165) is 11.0 Å². The van der Waals surface area contributed by atoms with Gasteiger partial charge < -0.3 is 10.6 Å². The van der Waals surface area contributed by atoms with Crippen molar-refractivity contribution in [2.45, 2.75) is 46.3 Å². The van der Waals surface area contributed by atoms with Gasteiger partial charge in [-0.25, -0.2) is 9.98 Å². The van der Waals surface area contributed by atoms with Gasteiger partial charge >= 0.3 is 6.55 Å².